The maximum absolute atomic E-state index is 13.5. The molecular weight excluding hydrogens is 223 g/mol. The molecule has 1 aromatic rings. The zero-order valence-electron chi connectivity index (χ0n) is 10.1. The Labute approximate surface area is 100 Å². The van der Waals surface area contributed by atoms with Gasteiger partial charge in [0.1, 0.15) is 0 Å². The molecule has 1 atom stereocenters. The third-order valence-electron chi connectivity index (χ3n) is 2.72. The first-order valence-electron chi connectivity index (χ1n) is 5.66. The van der Waals surface area contributed by atoms with E-state index in [9.17, 15) is 9.18 Å². The summed E-state index contributed by atoms with van der Waals surface area (Å²) in [5.74, 6) is -1.94. The molecule has 0 saturated heterocycles. The van der Waals surface area contributed by atoms with E-state index < -0.39 is 17.7 Å². The molecule has 3 nitrogen and oxygen atoms in total. The van der Waals surface area contributed by atoms with Gasteiger partial charge in [0.2, 0.25) is 0 Å². The minimum Gasteiger partial charge on any atom is -0.494 e. The second kappa shape index (κ2) is 6.23. The summed E-state index contributed by atoms with van der Waals surface area (Å²) in [4.78, 5) is 11.1. The maximum atomic E-state index is 13.5. The molecule has 0 bridgehead atoms. The van der Waals surface area contributed by atoms with Crippen LogP contribution in [0.2, 0.25) is 0 Å². The molecule has 0 spiro atoms. The molecule has 0 aliphatic heterocycles. The third-order valence-corrected chi connectivity index (χ3v) is 2.72. The van der Waals surface area contributed by atoms with Crippen molar-refractivity contribution in [2.24, 2.45) is 0 Å². The van der Waals surface area contributed by atoms with Crippen molar-refractivity contribution in [3.63, 3.8) is 0 Å². The average Bonchev–Trinajstić information content (AvgIpc) is 2.29. The molecule has 0 heterocycles. The molecule has 0 aromatic heterocycles. The van der Waals surface area contributed by atoms with E-state index in [-0.39, 0.29) is 5.75 Å². The van der Waals surface area contributed by atoms with Crippen LogP contribution in [0.15, 0.2) is 18.2 Å². The number of hydrogen-bond acceptors (Lipinski definition) is 2. The van der Waals surface area contributed by atoms with Crippen LogP contribution >= 0.6 is 0 Å². The minimum atomic E-state index is -0.914. The van der Waals surface area contributed by atoms with Crippen LogP contribution in [0.1, 0.15) is 37.7 Å². The molecule has 1 aromatic carbocycles. The van der Waals surface area contributed by atoms with Crippen molar-refractivity contribution in [2.45, 2.75) is 32.1 Å². The summed E-state index contributed by atoms with van der Waals surface area (Å²) in [6.45, 7) is 1.99. The number of halogens is 1. The Morgan fingerprint density at radius 2 is 2.24 bits per heavy atom. The van der Waals surface area contributed by atoms with Crippen LogP contribution in [0, 0.1) is 5.82 Å². The van der Waals surface area contributed by atoms with Crippen LogP contribution in [-0.4, -0.2) is 18.2 Å². The van der Waals surface area contributed by atoms with Gasteiger partial charge in [-0.3, -0.25) is 4.79 Å². The Bertz CT molecular complexity index is 390. The number of benzene rings is 1. The lowest BCUT2D eigenvalue weighted by Gasteiger charge is -2.13. The third kappa shape index (κ3) is 3.44. The van der Waals surface area contributed by atoms with Crippen molar-refractivity contribution < 1.29 is 19.0 Å². The molecule has 0 aliphatic carbocycles. The van der Waals surface area contributed by atoms with Crippen molar-refractivity contribution in [1.29, 1.82) is 0 Å². The Balaban J connectivity index is 2.94. The van der Waals surface area contributed by atoms with E-state index in [2.05, 4.69) is 0 Å². The monoisotopic (exact) mass is 240 g/mol. The molecule has 0 fully saturated rings. The number of carboxylic acid groups (broad SMARTS) is 1. The zero-order valence-corrected chi connectivity index (χ0v) is 10.1. The minimum absolute atomic E-state index is 0.133. The van der Waals surface area contributed by atoms with Crippen molar-refractivity contribution >= 4 is 5.97 Å². The second-order valence-electron chi connectivity index (χ2n) is 3.93. The van der Waals surface area contributed by atoms with Gasteiger partial charge in [0.25, 0.3) is 0 Å². The second-order valence-corrected chi connectivity index (χ2v) is 3.93. The van der Waals surface area contributed by atoms with E-state index in [1.54, 1.807) is 6.07 Å². The molecule has 0 saturated carbocycles. The molecule has 1 N–H and O–H groups in total. The predicted octanol–water partition coefficient (Wildman–Crippen LogP) is 3.19. The number of rotatable bonds is 6. The summed E-state index contributed by atoms with van der Waals surface area (Å²) in [5, 5.41) is 9.12. The standard InChI is InChI=1S/C13H17FO3/c1-3-4-5-10(13(15)16)9-6-7-12(17-2)11(14)8-9/h6-8,10H,3-5H2,1-2H3,(H,15,16). The SMILES string of the molecule is CCCCC(C(=O)O)c1ccc(OC)c(F)c1. The Morgan fingerprint density at radius 1 is 1.53 bits per heavy atom. The molecular formula is C13H17FO3. The van der Waals surface area contributed by atoms with E-state index >= 15 is 0 Å². The van der Waals surface area contributed by atoms with Crippen LogP contribution in [0.5, 0.6) is 5.75 Å². The van der Waals surface area contributed by atoms with Crippen LogP contribution in [0.3, 0.4) is 0 Å². The summed E-state index contributed by atoms with van der Waals surface area (Å²) in [7, 11) is 1.38. The van der Waals surface area contributed by atoms with Gasteiger partial charge in [0.15, 0.2) is 11.6 Å². The van der Waals surface area contributed by atoms with Gasteiger partial charge in [-0.1, -0.05) is 25.8 Å². The summed E-state index contributed by atoms with van der Waals surface area (Å²) < 4.78 is 18.3. The van der Waals surface area contributed by atoms with Crippen LogP contribution in [0.4, 0.5) is 4.39 Å². The molecule has 1 rings (SSSR count). The fraction of sp³-hybridized carbons (Fsp3) is 0.462. The van der Waals surface area contributed by atoms with Crippen LogP contribution in [-0.2, 0) is 4.79 Å². The Hall–Kier alpha value is -1.58. The number of carboxylic acids is 1. The molecule has 94 valence electrons. The quantitative estimate of drug-likeness (QED) is 0.830. The van der Waals surface area contributed by atoms with Crippen LogP contribution in [0.25, 0.3) is 0 Å². The lowest BCUT2D eigenvalue weighted by Crippen LogP contribution is -2.12. The Kier molecular flexibility index (Phi) is 4.94. The lowest BCUT2D eigenvalue weighted by atomic mass is 9.93. The summed E-state index contributed by atoms with van der Waals surface area (Å²) in [5.41, 5.74) is 0.490. The predicted molar refractivity (Wildman–Crippen MR) is 62.9 cm³/mol. The first-order chi connectivity index (χ1) is 8.10. The highest BCUT2D eigenvalue weighted by Gasteiger charge is 2.20. The van der Waals surface area contributed by atoms with Gasteiger partial charge in [-0.15, -0.1) is 0 Å². The van der Waals surface area contributed by atoms with Gasteiger partial charge < -0.3 is 9.84 Å². The number of ether oxygens (including phenoxy) is 1. The molecule has 1 unspecified atom stereocenters. The van der Waals surface area contributed by atoms with E-state index in [4.69, 9.17) is 9.84 Å². The topological polar surface area (TPSA) is 46.5 Å². The molecule has 4 heteroatoms. The smallest absolute Gasteiger partial charge is 0.310 e. The highest BCUT2D eigenvalue weighted by Crippen LogP contribution is 2.26. The van der Waals surface area contributed by atoms with Gasteiger partial charge in [-0.2, -0.15) is 0 Å². The van der Waals surface area contributed by atoms with Crippen molar-refractivity contribution in [3.8, 4) is 5.75 Å². The van der Waals surface area contributed by atoms with Gasteiger partial charge in [-0.05, 0) is 24.1 Å². The number of aliphatic carboxylic acids is 1. The van der Waals surface area contributed by atoms with E-state index in [0.29, 0.717) is 12.0 Å². The average molecular weight is 240 g/mol. The van der Waals surface area contributed by atoms with Crippen LogP contribution < -0.4 is 4.74 Å². The van der Waals surface area contributed by atoms with E-state index in [1.807, 2.05) is 6.92 Å². The largest absolute Gasteiger partial charge is 0.494 e. The summed E-state index contributed by atoms with van der Waals surface area (Å²) >= 11 is 0. The number of methoxy groups -OCH3 is 1. The number of carbonyl (C=O) groups is 1. The van der Waals surface area contributed by atoms with Gasteiger partial charge in [0.05, 0.1) is 13.0 Å². The fourth-order valence-corrected chi connectivity index (χ4v) is 1.74. The van der Waals surface area contributed by atoms with Gasteiger partial charge in [-0.25, -0.2) is 4.39 Å². The summed E-state index contributed by atoms with van der Waals surface area (Å²) in [6.07, 6.45) is 2.25. The first-order valence-corrected chi connectivity index (χ1v) is 5.66. The fourth-order valence-electron chi connectivity index (χ4n) is 1.74. The normalized spacial score (nSPS) is 12.2. The van der Waals surface area contributed by atoms with Crippen molar-refractivity contribution in [2.75, 3.05) is 7.11 Å². The molecule has 0 radical (unpaired) electrons. The van der Waals surface area contributed by atoms with Crippen molar-refractivity contribution in [3.05, 3.63) is 29.6 Å². The molecule has 17 heavy (non-hydrogen) atoms. The van der Waals surface area contributed by atoms with Gasteiger partial charge in [0, 0.05) is 0 Å². The Morgan fingerprint density at radius 3 is 2.71 bits per heavy atom. The highest BCUT2D eigenvalue weighted by molar-refractivity contribution is 5.76. The first kappa shape index (κ1) is 13.5. The number of hydrogen-bond donors (Lipinski definition) is 1. The van der Waals surface area contributed by atoms with Gasteiger partial charge >= 0.3 is 5.97 Å². The zero-order chi connectivity index (χ0) is 12.8. The summed E-state index contributed by atoms with van der Waals surface area (Å²) in [6, 6.07) is 4.32. The van der Waals surface area contributed by atoms with Crippen molar-refractivity contribution in [1.82, 2.24) is 0 Å². The molecule has 0 aliphatic rings. The van der Waals surface area contributed by atoms with E-state index in [1.165, 1.54) is 19.2 Å². The highest BCUT2D eigenvalue weighted by atomic mass is 19.1. The van der Waals surface area contributed by atoms with E-state index in [0.717, 1.165) is 12.8 Å². The number of unbranched alkanes of at least 4 members (excludes halogenated alkanes) is 1. The lowest BCUT2D eigenvalue weighted by molar-refractivity contribution is -0.139. The molecule has 0 amide bonds. The maximum Gasteiger partial charge on any atom is 0.310 e.